The number of benzene rings is 1. The van der Waals surface area contributed by atoms with Gasteiger partial charge in [-0.05, 0) is 24.6 Å². The Morgan fingerprint density at radius 3 is 2.60 bits per heavy atom. The first-order chi connectivity index (χ1) is 6.65. The Balaban J connectivity index is 0.00000196. The number of hydrogen-bond donors (Lipinski definition) is 1. The van der Waals surface area contributed by atoms with Crippen molar-refractivity contribution >= 4 is 12.4 Å². The SMILES string of the molecule is CCOc1cccc([C@H](N)C(F)F)c1.Cl. The summed E-state index contributed by atoms with van der Waals surface area (Å²) >= 11 is 0. The van der Waals surface area contributed by atoms with E-state index >= 15 is 0 Å². The molecule has 0 heterocycles. The molecule has 5 heteroatoms. The van der Waals surface area contributed by atoms with Gasteiger partial charge in [0.05, 0.1) is 12.6 Å². The van der Waals surface area contributed by atoms with Gasteiger partial charge in [0.1, 0.15) is 5.75 Å². The first kappa shape index (κ1) is 14.1. The zero-order chi connectivity index (χ0) is 10.6. The second-order valence-corrected chi connectivity index (χ2v) is 2.87. The lowest BCUT2D eigenvalue weighted by Crippen LogP contribution is -2.18. The molecule has 0 saturated heterocycles. The normalized spacial score (nSPS) is 12.1. The zero-order valence-electron chi connectivity index (χ0n) is 8.32. The maximum absolute atomic E-state index is 12.3. The molecule has 2 N–H and O–H groups in total. The molecule has 0 spiro atoms. The molecule has 15 heavy (non-hydrogen) atoms. The lowest BCUT2D eigenvalue weighted by Gasteiger charge is -2.12. The van der Waals surface area contributed by atoms with Crippen molar-refractivity contribution in [2.45, 2.75) is 19.4 Å². The van der Waals surface area contributed by atoms with Crippen LogP contribution in [0.1, 0.15) is 18.5 Å². The molecule has 1 atom stereocenters. The molecule has 0 aliphatic rings. The van der Waals surface area contributed by atoms with Crippen LogP contribution in [0.15, 0.2) is 24.3 Å². The Morgan fingerprint density at radius 2 is 2.07 bits per heavy atom. The summed E-state index contributed by atoms with van der Waals surface area (Å²) in [4.78, 5) is 0. The van der Waals surface area contributed by atoms with Gasteiger partial charge in [0.15, 0.2) is 0 Å². The fourth-order valence-electron chi connectivity index (χ4n) is 1.12. The Labute approximate surface area is 93.8 Å². The van der Waals surface area contributed by atoms with E-state index in [9.17, 15) is 8.78 Å². The van der Waals surface area contributed by atoms with Crippen LogP contribution in [-0.4, -0.2) is 13.0 Å². The molecule has 1 aromatic carbocycles. The number of alkyl halides is 2. The second kappa shape index (κ2) is 6.58. The molecule has 0 unspecified atom stereocenters. The smallest absolute Gasteiger partial charge is 0.257 e. The fourth-order valence-corrected chi connectivity index (χ4v) is 1.12. The van der Waals surface area contributed by atoms with E-state index in [-0.39, 0.29) is 12.4 Å². The topological polar surface area (TPSA) is 35.2 Å². The number of rotatable bonds is 4. The van der Waals surface area contributed by atoms with Gasteiger partial charge in [-0.1, -0.05) is 12.1 Å². The van der Waals surface area contributed by atoms with Crippen molar-refractivity contribution in [1.29, 1.82) is 0 Å². The van der Waals surface area contributed by atoms with Crippen LogP contribution in [-0.2, 0) is 0 Å². The van der Waals surface area contributed by atoms with Gasteiger partial charge in [0.25, 0.3) is 6.43 Å². The lowest BCUT2D eigenvalue weighted by molar-refractivity contribution is 0.116. The first-order valence-electron chi connectivity index (χ1n) is 4.41. The van der Waals surface area contributed by atoms with Gasteiger partial charge in [-0.3, -0.25) is 0 Å². The van der Waals surface area contributed by atoms with E-state index in [1.807, 2.05) is 6.92 Å². The quantitative estimate of drug-likeness (QED) is 0.874. The van der Waals surface area contributed by atoms with Crippen molar-refractivity contribution in [2.75, 3.05) is 6.61 Å². The van der Waals surface area contributed by atoms with Crippen LogP contribution < -0.4 is 10.5 Å². The van der Waals surface area contributed by atoms with Crippen molar-refractivity contribution < 1.29 is 13.5 Å². The highest BCUT2D eigenvalue weighted by Gasteiger charge is 2.17. The van der Waals surface area contributed by atoms with E-state index in [1.165, 1.54) is 0 Å². The van der Waals surface area contributed by atoms with Crippen LogP contribution in [0.25, 0.3) is 0 Å². The van der Waals surface area contributed by atoms with E-state index in [4.69, 9.17) is 10.5 Å². The molecule has 0 aliphatic heterocycles. The summed E-state index contributed by atoms with van der Waals surface area (Å²) in [6, 6.07) is 5.24. The zero-order valence-corrected chi connectivity index (χ0v) is 9.14. The fraction of sp³-hybridized carbons (Fsp3) is 0.400. The van der Waals surface area contributed by atoms with Gasteiger partial charge in [-0.2, -0.15) is 0 Å². The summed E-state index contributed by atoms with van der Waals surface area (Å²) in [5.41, 5.74) is 5.69. The third kappa shape index (κ3) is 4.01. The van der Waals surface area contributed by atoms with Crippen LogP contribution in [0.4, 0.5) is 8.78 Å². The minimum atomic E-state index is -2.55. The van der Waals surface area contributed by atoms with Gasteiger partial charge in [-0.25, -0.2) is 8.78 Å². The Kier molecular flexibility index (Phi) is 6.20. The first-order valence-corrected chi connectivity index (χ1v) is 4.41. The molecular formula is C10H14ClF2NO. The second-order valence-electron chi connectivity index (χ2n) is 2.87. The Bertz CT molecular complexity index is 297. The van der Waals surface area contributed by atoms with Crippen LogP contribution in [0.5, 0.6) is 5.75 Å². The molecule has 0 radical (unpaired) electrons. The summed E-state index contributed by atoms with van der Waals surface area (Å²) < 4.78 is 29.7. The highest BCUT2D eigenvalue weighted by Crippen LogP contribution is 2.21. The molecule has 2 nitrogen and oxygen atoms in total. The average molecular weight is 238 g/mol. The molecule has 0 saturated carbocycles. The molecular weight excluding hydrogens is 224 g/mol. The highest BCUT2D eigenvalue weighted by molar-refractivity contribution is 5.85. The third-order valence-electron chi connectivity index (χ3n) is 1.83. The molecule has 1 aromatic rings. The summed E-state index contributed by atoms with van der Waals surface area (Å²) in [5.74, 6) is 0.570. The van der Waals surface area contributed by atoms with Gasteiger partial charge >= 0.3 is 0 Å². The number of halogens is 3. The van der Waals surface area contributed by atoms with Crippen molar-refractivity contribution in [2.24, 2.45) is 5.73 Å². The van der Waals surface area contributed by atoms with Crippen LogP contribution in [0, 0.1) is 0 Å². The Morgan fingerprint density at radius 1 is 1.40 bits per heavy atom. The standard InChI is InChI=1S/C10H13F2NO.ClH/c1-2-14-8-5-3-4-7(6-8)9(13)10(11)12;/h3-6,9-10H,2,13H2,1H3;1H/t9-;/m0./s1. The van der Waals surface area contributed by atoms with Crippen molar-refractivity contribution in [3.8, 4) is 5.75 Å². The summed E-state index contributed by atoms with van der Waals surface area (Å²) in [7, 11) is 0. The monoisotopic (exact) mass is 237 g/mol. The molecule has 86 valence electrons. The molecule has 0 amide bonds. The van der Waals surface area contributed by atoms with Crippen LogP contribution in [0.3, 0.4) is 0 Å². The van der Waals surface area contributed by atoms with Crippen molar-refractivity contribution in [1.82, 2.24) is 0 Å². The highest BCUT2D eigenvalue weighted by atomic mass is 35.5. The van der Waals surface area contributed by atoms with E-state index in [1.54, 1.807) is 24.3 Å². The van der Waals surface area contributed by atoms with Gasteiger partial charge in [0, 0.05) is 0 Å². The average Bonchev–Trinajstić information content (AvgIpc) is 2.17. The molecule has 0 fully saturated rings. The predicted octanol–water partition coefficient (Wildman–Crippen LogP) is 2.77. The van der Waals surface area contributed by atoms with Crippen LogP contribution in [0.2, 0.25) is 0 Å². The molecule has 0 bridgehead atoms. The van der Waals surface area contributed by atoms with Gasteiger partial charge in [0.2, 0.25) is 0 Å². The van der Waals surface area contributed by atoms with E-state index in [0.29, 0.717) is 17.9 Å². The third-order valence-corrected chi connectivity index (χ3v) is 1.83. The Hall–Kier alpha value is -0.870. The number of hydrogen-bond acceptors (Lipinski definition) is 2. The summed E-state index contributed by atoms with van der Waals surface area (Å²) in [6.45, 7) is 2.34. The van der Waals surface area contributed by atoms with Gasteiger partial charge in [-0.15, -0.1) is 12.4 Å². The molecule has 1 rings (SSSR count). The largest absolute Gasteiger partial charge is 0.494 e. The number of nitrogens with two attached hydrogens (primary N) is 1. The maximum Gasteiger partial charge on any atom is 0.257 e. The molecule has 0 aliphatic carbocycles. The molecule has 0 aromatic heterocycles. The summed E-state index contributed by atoms with van der Waals surface area (Å²) in [6.07, 6.45) is -2.55. The number of ether oxygens (including phenoxy) is 1. The van der Waals surface area contributed by atoms with Gasteiger partial charge < -0.3 is 10.5 Å². The lowest BCUT2D eigenvalue weighted by atomic mass is 10.1. The van der Waals surface area contributed by atoms with Crippen molar-refractivity contribution in [3.05, 3.63) is 29.8 Å². The minimum Gasteiger partial charge on any atom is -0.494 e. The summed E-state index contributed by atoms with van der Waals surface area (Å²) in [5, 5.41) is 0. The minimum absolute atomic E-state index is 0. The van der Waals surface area contributed by atoms with Crippen molar-refractivity contribution in [3.63, 3.8) is 0 Å². The van der Waals surface area contributed by atoms with E-state index in [2.05, 4.69) is 0 Å². The van der Waals surface area contributed by atoms with E-state index < -0.39 is 12.5 Å². The van der Waals surface area contributed by atoms with Crippen LogP contribution >= 0.6 is 12.4 Å². The predicted molar refractivity (Wildman–Crippen MR) is 57.8 cm³/mol. The maximum atomic E-state index is 12.3. The van der Waals surface area contributed by atoms with E-state index in [0.717, 1.165) is 0 Å².